The highest BCUT2D eigenvalue weighted by Crippen LogP contribution is 2.32. The summed E-state index contributed by atoms with van der Waals surface area (Å²) in [4.78, 5) is 2.79. The Morgan fingerprint density at radius 2 is 2.00 bits per heavy atom. The molecule has 1 rings (SSSR count). The third-order valence-electron chi connectivity index (χ3n) is 3.40. The van der Waals surface area contributed by atoms with Crippen LogP contribution < -0.4 is 5.73 Å². The van der Waals surface area contributed by atoms with Crippen molar-refractivity contribution in [2.75, 3.05) is 0 Å². The van der Waals surface area contributed by atoms with E-state index in [0.717, 1.165) is 0 Å². The highest BCUT2D eigenvalue weighted by atomic mass is 32.1. The molecule has 1 heterocycles. The molecule has 2 N–H and O–H groups in total. The molecule has 0 saturated carbocycles. The molecule has 16 heavy (non-hydrogen) atoms. The van der Waals surface area contributed by atoms with E-state index in [1.54, 1.807) is 0 Å². The molecule has 1 aromatic rings. The lowest BCUT2D eigenvalue weighted by Crippen LogP contribution is -2.21. The zero-order valence-corrected chi connectivity index (χ0v) is 11.9. The van der Waals surface area contributed by atoms with Gasteiger partial charge in [0.2, 0.25) is 0 Å². The Morgan fingerprint density at radius 3 is 2.44 bits per heavy atom. The van der Waals surface area contributed by atoms with Gasteiger partial charge in [0.15, 0.2) is 0 Å². The van der Waals surface area contributed by atoms with Gasteiger partial charge in [0, 0.05) is 15.8 Å². The van der Waals surface area contributed by atoms with Crippen molar-refractivity contribution in [2.24, 2.45) is 11.7 Å². The topological polar surface area (TPSA) is 26.0 Å². The molecule has 0 aliphatic carbocycles. The number of aryl methyl sites for hydroxylation is 2. The van der Waals surface area contributed by atoms with Crippen molar-refractivity contribution in [1.29, 1.82) is 0 Å². The second-order valence-electron chi connectivity index (χ2n) is 4.70. The van der Waals surface area contributed by atoms with Crippen LogP contribution in [0.15, 0.2) is 6.07 Å². The molecule has 0 saturated heterocycles. The maximum Gasteiger partial charge on any atom is 0.0334 e. The standard InChI is InChI=1S/C14H25NS/c1-5-7-8-12(6-2)14(15)13-9-10(3)16-11(13)4/h9,12,14H,5-8,15H2,1-4H3. The number of hydrogen-bond donors (Lipinski definition) is 1. The molecule has 0 aromatic carbocycles. The Balaban J connectivity index is 2.74. The van der Waals surface area contributed by atoms with Crippen LogP contribution in [0.5, 0.6) is 0 Å². The van der Waals surface area contributed by atoms with Crippen molar-refractivity contribution < 1.29 is 0 Å². The molecule has 0 bridgehead atoms. The predicted molar refractivity (Wildman–Crippen MR) is 74.0 cm³/mol. The molecule has 0 amide bonds. The molecule has 1 nitrogen and oxygen atoms in total. The van der Waals surface area contributed by atoms with Crippen LogP contribution in [0.1, 0.15) is 60.9 Å². The van der Waals surface area contributed by atoms with Gasteiger partial charge in [-0.2, -0.15) is 0 Å². The van der Waals surface area contributed by atoms with E-state index < -0.39 is 0 Å². The summed E-state index contributed by atoms with van der Waals surface area (Å²) in [7, 11) is 0. The molecule has 0 aliphatic rings. The van der Waals surface area contributed by atoms with E-state index in [2.05, 4.69) is 33.8 Å². The molecular formula is C14H25NS. The van der Waals surface area contributed by atoms with Gasteiger partial charge in [0.1, 0.15) is 0 Å². The number of thiophene rings is 1. The number of nitrogens with two attached hydrogens (primary N) is 1. The lowest BCUT2D eigenvalue weighted by molar-refractivity contribution is 0.378. The average Bonchev–Trinajstić information content (AvgIpc) is 2.58. The van der Waals surface area contributed by atoms with E-state index in [1.165, 1.54) is 41.0 Å². The Morgan fingerprint density at radius 1 is 1.31 bits per heavy atom. The minimum Gasteiger partial charge on any atom is -0.324 e. The third-order valence-corrected chi connectivity index (χ3v) is 4.38. The zero-order valence-electron chi connectivity index (χ0n) is 11.0. The minimum absolute atomic E-state index is 0.237. The van der Waals surface area contributed by atoms with E-state index >= 15 is 0 Å². The quantitative estimate of drug-likeness (QED) is 0.772. The van der Waals surface area contributed by atoms with Gasteiger partial charge in [-0.25, -0.2) is 0 Å². The van der Waals surface area contributed by atoms with E-state index in [4.69, 9.17) is 5.73 Å². The second-order valence-corrected chi connectivity index (χ2v) is 6.17. The van der Waals surface area contributed by atoms with E-state index in [9.17, 15) is 0 Å². The summed E-state index contributed by atoms with van der Waals surface area (Å²) in [6.45, 7) is 8.87. The highest BCUT2D eigenvalue weighted by molar-refractivity contribution is 7.12. The Hall–Kier alpha value is -0.340. The van der Waals surface area contributed by atoms with Crippen LogP contribution in [0.2, 0.25) is 0 Å². The predicted octanol–water partition coefficient (Wildman–Crippen LogP) is 4.58. The molecular weight excluding hydrogens is 214 g/mol. The van der Waals surface area contributed by atoms with Gasteiger partial charge < -0.3 is 5.73 Å². The minimum atomic E-state index is 0.237. The van der Waals surface area contributed by atoms with Crippen molar-refractivity contribution in [3.05, 3.63) is 21.4 Å². The van der Waals surface area contributed by atoms with Gasteiger partial charge in [-0.1, -0.05) is 33.1 Å². The third kappa shape index (κ3) is 3.33. The zero-order chi connectivity index (χ0) is 12.1. The fourth-order valence-corrected chi connectivity index (χ4v) is 3.32. The lowest BCUT2D eigenvalue weighted by atomic mass is 9.88. The molecule has 92 valence electrons. The first-order valence-corrected chi connectivity index (χ1v) is 7.24. The maximum absolute atomic E-state index is 6.41. The van der Waals surface area contributed by atoms with Crippen LogP contribution in [0.4, 0.5) is 0 Å². The molecule has 2 atom stereocenters. The molecule has 0 radical (unpaired) electrons. The van der Waals surface area contributed by atoms with E-state index in [1.807, 2.05) is 11.3 Å². The van der Waals surface area contributed by atoms with Gasteiger partial charge in [0.05, 0.1) is 0 Å². The monoisotopic (exact) mass is 239 g/mol. The average molecular weight is 239 g/mol. The Kier molecular flexibility index (Phi) is 5.50. The summed E-state index contributed by atoms with van der Waals surface area (Å²) in [5.74, 6) is 0.646. The van der Waals surface area contributed by atoms with E-state index in [0.29, 0.717) is 5.92 Å². The number of hydrogen-bond acceptors (Lipinski definition) is 2. The SMILES string of the molecule is CCCCC(CC)C(N)c1cc(C)sc1C. The first-order chi connectivity index (χ1) is 7.60. The molecule has 2 heteroatoms. The smallest absolute Gasteiger partial charge is 0.0334 e. The summed E-state index contributed by atoms with van der Waals surface area (Å²) in [6, 6.07) is 2.51. The van der Waals surface area contributed by atoms with Gasteiger partial charge >= 0.3 is 0 Å². The highest BCUT2D eigenvalue weighted by Gasteiger charge is 2.20. The molecule has 2 unspecified atom stereocenters. The molecule has 0 aliphatic heterocycles. The fourth-order valence-electron chi connectivity index (χ4n) is 2.34. The van der Waals surface area contributed by atoms with Crippen LogP contribution in [0.3, 0.4) is 0 Å². The van der Waals surface area contributed by atoms with Crippen molar-refractivity contribution in [2.45, 2.75) is 59.4 Å². The maximum atomic E-state index is 6.41. The van der Waals surface area contributed by atoms with Crippen molar-refractivity contribution in [3.8, 4) is 0 Å². The Labute approximate surface area is 104 Å². The van der Waals surface area contributed by atoms with Crippen molar-refractivity contribution >= 4 is 11.3 Å². The fraction of sp³-hybridized carbons (Fsp3) is 0.714. The normalized spacial score (nSPS) is 15.1. The van der Waals surface area contributed by atoms with Crippen LogP contribution in [0, 0.1) is 19.8 Å². The largest absolute Gasteiger partial charge is 0.324 e. The summed E-state index contributed by atoms with van der Waals surface area (Å²) in [6.07, 6.45) is 5.03. The van der Waals surface area contributed by atoms with Crippen LogP contribution >= 0.6 is 11.3 Å². The number of unbranched alkanes of at least 4 members (excludes halogenated alkanes) is 1. The van der Waals surface area contributed by atoms with Crippen molar-refractivity contribution in [1.82, 2.24) is 0 Å². The summed E-state index contributed by atoms with van der Waals surface area (Å²) < 4.78 is 0. The van der Waals surface area contributed by atoms with Gasteiger partial charge in [-0.3, -0.25) is 0 Å². The molecule has 1 aromatic heterocycles. The summed E-state index contributed by atoms with van der Waals surface area (Å²) in [5.41, 5.74) is 7.79. The number of rotatable bonds is 6. The Bertz CT molecular complexity index is 317. The van der Waals surface area contributed by atoms with Gasteiger partial charge in [-0.15, -0.1) is 11.3 Å². The van der Waals surface area contributed by atoms with Crippen LogP contribution in [0.25, 0.3) is 0 Å². The van der Waals surface area contributed by atoms with E-state index in [-0.39, 0.29) is 6.04 Å². The molecule has 0 fully saturated rings. The van der Waals surface area contributed by atoms with Gasteiger partial charge in [0.25, 0.3) is 0 Å². The van der Waals surface area contributed by atoms with Crippen molar-refractivity contribution in [3.63, 3.8) is 0 Å². The summed E-state index contributed by atoms with van der Waals surface area (Å²) in [5, 5.41) is 0. The first kappa shape index (κ1) is 13.7. The lowest BCUT2D eigenvalue weighted by Gasteiger charge is -2.22. The summed E-state index contributed by atoms with van der Waals surface area (Å²) >= 11 is 1.87. The second kappa shape index (κ2) is 6.41. The molecule has 0 spiro atoms. The van der Waals surface area contributed by atoms with Gasteiger partial charge in [-0.05, 0) is 37.8 Å². The first-order valence-electron chi connectivity index (χ1n) is 6.42. The van der Waals surface area contributed by atoms with Crippen LogP contribution in [-0.4, -0.2) is 0 Å². The van der Waals surface area contributed by atoms with Crippen LogP contribution in [-0.2, 0) is 0 Å².